The van der Waals surface area contributed by atoms with Gasteiger partial charge in [0, 0.05) is 5.02 Å². The van der Waals surface area contributed by atoms with Crippen LogP contribution in [0.5, 0.6) is 0 Å². The Morgan fingerprint density at radius 2 is 1.79 bits per heavy atom. The summed E-state index contributed by atoms with van der Waals surface area (Å²) in [6.45, 7) is 12.5. The molecule has 0 bridgehead atoms. The zero-order chi connectivity index (χ0) is 24.7. The molecule has 180 valence electrons. The zero-order valence-electron chi connectivity index (χ0n) is 21.0. The number of anilines is 1. The minimum Gasteiger partial charge on any atom is -0.363 e. The molecule has 1 aliphatic heterocycles. The van der Waals surface area contributed by atoms with Gasteiger partial charge >= 0.3 is 0 Å². The number of aromatic nitrogens is 2. The van der Waals surface area contributed by atoms with Crippen LogP contribution in [-0.4, -0.2) is 15.7 Å². The maximum atomic E-state index is 13.9. The van der Waals surface area contributed by atoms with E-state index in [0.29, 0.717) is 5.56 Å². The molecule has 34 heavy (non-hydrogen) atoms. The third-order valence-corrected chi connectivity index (χ3v) is 7.66. The summed E-state index contributed by atoms with van der Waals surface area (Å²) in [5, 5.41) is 12.5. The number of amides is 1. The van der Waals surface area contributed by atoms with Gasteiger partial charge in [-0.05, 0) is 64.2 Å². The molecule has 0 aliphatic carbocycles. The van der Waals surface area contributed by atoms with E-state index in [1.165, 1.54) is 5.56 Å². The van der Waals surface area contributed by atoms with Crippen LogP contribution in [0, 0.1) is 13.8 Å². The molecule has 6 heteroatoms. The molecule has 0 radical (unpaired) electrons. The van der Waals surface area contributed by atoms with Gasteiger partial charge in [0.05, 0.1) is 22.8 Å². The first-order valence-electron chi connectivity index (χ1n) is 12.1. The van der Waals surface area contributed by atoms with Crippen molar-refractivity contribution in [1.82, 2.24) is 15.1 Å². The third kappa shape index (κ3) is 4.22. The molecule has 4 rings (SSSR count). The summed E-state index contributed by atoms with van der Waals surface area (Å²) >= 11 is 6.55. The van der Waals surface area contributed by atoms with Crippen molar-refractivity contribution in [2.45, 2.75) is 77.9 Å². The number of carbonyl (C=O) groups excluding carboxylic acids is 1. The van der Waals surface area contributed by atoms with Gasteiger partial charge in [0.1, 0.15) is 11.4 Å². The number of fused-ring (bicyclic) bond motifs is 1. The fourth-order valence-electron chi connectivity index (χ4n) is 5.18. The summed E-state index contributed by atoms with van der Waals surface area (Å²) in [6.07, 6.45) is 2.40. The molecule has 1 amide bonds. The molecular weight excluding hydrogens is 444 g/mol. The molecule has 0 saturated carbocycles. The Kier molecular flexibility index (Phi) is 6.52. The van der Waals surface area contributed by atoms with E-state index in [4.69, 9.17) is 16.7 Å². The lowest BCUT2D eigenvalue weighted by atomic mass is 9.84. The lowest BCUT2D eigenvalue weighted by Crippen LogP contribution is -2.45. The van der Waals surface area contributed by atoms with Crippen LogP contribution >= 0.6 is 11.6 Å². The smallest absolute Gasteiger partial charge is 0.257 e. The van der Waals surface area contributed by atoms with E-state index in [2.05, 4.69) is 69.5 Å². The van der Waals surface area contributed by atoms with Gasteiger partial charge in [-0.3, -0.25) is 4.79 Å². The van der Waals surface area contributed by atoms with Crippen LogP contribution in [0.3, 0.4) is 0 Å². The highest BCUT2D eigenvalue weighted by atomic mass is 35.5. The summed E-state index contributed by atoms with van der Waals surface area (Å²) in [4.78, 5) is 13.9. The van der Waals surface area contributed by atoms with Gasteiger partial charge in [0.15, 0.2) is 0 Å². The molecule has 2 N–H and O–H groups in total. The van der Waals surface area contributed by atoms with Crippen molar-refractivity contribution < 1.29 is 4.79 Å². The largest absolute Gasteiger partial charge is 0.363 e. The molecule has 0 unspecified atom stereocenters. The Hall–Kier alpha value is -2.79. The van der Waals surface area contributed by atoms with Crippen molar-refractivity contribution in [3.05, 3.63) is 81.5 Å². The average Bonchev–Trinajstić information content (AvgIpc) is 3.15. The molecule has 0 saturated heterocycles. The minimum absolute atomic E-state index is 0.0157. The van der Waals surface area contributed by atoms with Gasteiger partial charge in [-0.1, -0.05) is 73.5 Å². The van der Waals surface area contributed by atoms with Crippen molar-refractivity contribution in [2.75, 3.05) is 5.32 Å². The number of benzene rings is 2. The molecule has 1 aliphatic rings. The van der Waals surface area contributed by atoms with Gasteiger partial charge in [-0.15, -0.1) is 0 Å². The van der Waals surface area contributed by atoms with E-state index < -0.39 is 5.54 Å². The summed E-state index contributed by atoms with van der Waals surface area (Å²) in [7, 11) is 0. The highest BCUT2D eigenvalue weighted by Gasteiger charge is 2.40. The van der Waals surface area contributed by atoms with Crippen molar-refractivity contribution in [3.8, 4) is 0 Å². The summed E-state index contributed by atoms with van der Waals surface area (Å²) in [5.74, 6) is 0.646. The molecule has 5 nitrogen and oxygen atoms in total. The average molecular weight is 479 g/mol. The summed E-state index contributed by atoms with van der Waals surface area (Å²) in [6, 6.07) is 16.3. The molecule has 0 spiro atoms. The first kappa shape index (κ1) is 24.3. The monoisotopic (exact) mass is 478 g/mol. The summed E-state index contributed by atoms with van der Waals surface area (Å²) in [5.41, 5.74) is 3.95. The number of carbonyl (C=O) groups is 1. The number of aryl methyl sites for hydroxylation is 2. The topological polar surface area (TPSA) is 59.0 Å². The van der Waals surface area contributed by atoms with Gasteiger partial charge in [0.25, 0.3) is 5.91 Å². The number of hydrogen-bond donors (Lipinski definition) is 2. The van der Waals surface area contributed by atoms with Gasteiger partial charge in [-0.25, -0.2) is 4.68 Å². The predicted octanol–water partition coefficient (Wildman–Crippen LogP) is 6.89. The fourth-order valence-corrected chi connectivity index (χ4v) is 5.44. The first-order valence-corrected chi connectivity index (χ1v) is 12.5. The molecular formula is C28H35ClN4O. The quantitative estimate of drug-likeness (QED) is 0.405. The lowest BCUT2D eigenvalue weighted by Gasteiger charge is -2.39. The van der Waals surface area contributed by atoms with Crippen LogP contribution in [0.4, 0.5) is 5.82 Å². The van der Waals surface area contributed by atoms with Gasteiger partial charge in [0.2, 0.25) is 0 Å². The van der Waals surface area contributed by atoms with E-state index in [9.17, 15) is 4.79 Å². The standard InChI is InChI=1S/C28H35ClN4O/c1-7-28(8-2,20-15-13-18(3)14-16-20)31-26(34)24-19(4)32-33-25(24)30-23(17-27(33,5)6)21-11-9-10-12-22(21)29/h9-16,23,30H,7-8,17H2,1-6H3,(H,31,34)/t23-/m0/s1. The Labute approximate surface area is 207 Å². The molecule has 0 fully saturated rings. The third-order valence-electron chi connectivity index (χ3n) is 7.32. The van der Waals surface area contributed by atoms with Crippen LogP contribution in [-0.2, 0) is 11.1 Å². The van der Waals surface area contributed by atoms with Crippen molar-refractivity contribution in [2.24, 2.45) is 0 Å². The fraction of sp³-hybridized carbons (Fsp3) is 0.429. The van der Waals surface area contributed by atoms with Crippen LogP contribution in [0.25, 0.3) is 0 Å². The highest BCUT2D eigenvalue weighted by molar-refractivity contribution is 6.31. The maximum absolute atomic E-state index is 13.9. The van der Waals surface area contributed by atoms with Crippen LogP contribution in [0.1, 0.15) is 85.7 Å². The molecule has 2 aromatic carbocycles. The van der Waals surface area contributed by atoms with Crippen molar-refractivity contribution in [1.29, 1.82) is 0 Å². The number of halogens is 1. The maximum Gasteiger partial charge on any atom is 0.257 e. The van der Waals surface area contributed by atoms with E-state index in [1.54, 1.807) is 0 Å². The van der Waals surface area contributed by atoms with Crippen molar-refractivity contribution in [3.63, 3.8) is 0 Å². The number of nitrogens with zero attached hydrogens (tertiary/aromatic N) is 2. The number of nitrogens with one attached hydrogen (secondary N) is 2. The first-order chi connectivity index (χ1) is 16.1. The number of rotatable bonds is 6. The molecule has 3 aromatic rings. The Morgan fingerprint density at radius 1 is 1.15 bits per heavy atom. The Balaban J connectivity index is 1.74. The van der Waals surface area contributed by atoms with E-state index >= 15 is 0 Å². The molecule has 1 atom stereocenters. The van der Waals surface area contributed by atoms with Crippen LogP contribution < -0.4 is 10.6 Å². The highest BCUT2D eigenvalue weighted by Crippen LogP contribution is 2.42. The van der Waals surface area contributed by atoms with E-state index in [-0.39, 0.29) is 17.5 Å². The van der Waals surface area contributed by atoms with E-state index in [1.807, 2.05) is 35.9 Å². The molecule has 2 heterocycles. The van der Waals surface area contributed by atoms with Crippen LogP contribution in [0.15, 0.2) is 48.5 Å². The Morgan fingerprint density at radius 3 is 2.41 bits per heavy atom. The predicted molar refractivity (Wildman–Crippen MR) is 140 cm³/mol. The SMILES string of the molecule is CCC(CC)(NC(=O)c1c(C)nn2c1N[C@H](c1ccccc1Cl)CC2(C)C)c1ccc(C)cc1. The Bertz CT molecular complexity index is 1190. The molecule has 1 aromatic heterocycles. The van der Waals surface area contributed by atoms with Gasteiger partial charge < -0.3 is 10.6 Å². The second-order valence-electron chi connectivity index (χ2n) is 10.1. The van der Waals surface area contributed by atoms with E-state index in [0.717, 1.165) is 46.9 Å². The normalized spacial score (nSPS) is 17.1. The van der Waals surface area contributed by atoms with Crippen LogP contribution in [0.2, 0.25) is 5.02 Å². The second-order valence-corrected chi connectivity index (χ2v) is 10.5. The minimum atomic E-state index is -0.446. The second kappa shape index (κ2) is 9.10. The summed E-state index contributed by atoms with van der Waals surface area (Å²) < 4.78 is 1.97. The zero-order valence-corrected chi connectivity index (χ0v) is 21.8. The number of hydrogen-bond acceptors (Lipinski definition) is 3. The van der Waals surface area contributed by atoms with Gasteiger partial charge in [-0.2, -0.15) is 5.10 Å². The lowest BCUT2D eigenvalue weighted by molar-refractivity contribution is 0.0889. The van der Waals surface area contributed by atoms with Crippen molar-refractivity contribution >= 4 is 23.3 Å².